The summed E-state index contributed by atoms with van der Waals surface area (Å²) < 4.78 is 5.42. The molecular formula is C19H22N8O. The Morgan fingerprint density at radius 2 is 1.61 bits per heavy atom. The second-order valence-corrected chi connectivity index (χ2v) is 6.88. The molecule has 0 aliphatic carbocycles. The van der Waals surface area contributed by atoms with E-state index in [1.165, 1.54) is 0 Å². The molecule has 0 radical (unpaired) electrons. The van der Waals surface area contributed by atoms with Crippen molar-refractivity contribution < 1.29 is 4.74 Å². The third-order valence-corrected chi connectivity index (χ3v) is 5.24. The van der Waals surface area contributed by atoms with E-state index in [1.54, 1.807) is 18.7 Å². The van der Waals surface area contributed by atoms with Crippen molar-refractivity contribution in [3.8, 4) is 0 Å². The van der Waals surface area contributed by atoms with E-state index in [-0.39, 0.29) is 0 Å². The molecule has 5 heterocycles. The lowest BCUT2D eigenvalue weighted by molar-refractivity contribution is 0.122. The maximum Gasteiger partial charge on any atom is 0.227 e. The fourth-order valence-corrected chi connectivity index (χ4v) is 3.72. The van der Waals surface area contributed by atoms with Crippen LogP contribution in [-0.4, -0.2) is 77.4 Å². The number of fused-ring (bicyclic) bond motifs is 1. The van der Waals surface area contributed by atoms with E-state index in [0.717, 1.165) is 81.0 Å². The molecule has 0 N–H and O–H groups in total. The highest BCUT2D eigenvalue weighted by molar-refractivity contribution is 5.88. The molecule has 3 aromatic rings. The molecule has 28 heavy (non-hydrogen) atoms. The number of aromatic nitrogens is 5. The minimum absolute atomic E-state index is 0.731. The van der Waals surface area contributed by atoms with Crippen molar-refractivity contribution in [2.75, 3.05) is 67.2 Å². The molecule has 0 amide bonds. The van der Waals surface area contributed by atoms with E-state index < -0.39 is 0 Å². The van der Waals surface area contributed by atoms with Crippen molar-refractivity contribution in [3.05, 3.63) is 37.1 Å². The minimum atomic E-state index is 0.731. The lowest BCUT2D eigenvalue weighted by Gasteiger charge is -2.36. The van der Waals surface area contributed by atoms with Crippen LogP contribution in [0.1, 0.15) is 0 Å². The summed E-state index contributed by atoms with van der Waals surface area (Å²) in [5.74, 6) is 2.74. The summed E-state index contributed by atoms with van der Waals surface area (Å²) in [4.78, 5) is 29.1. The fraction of sp³-hybridized carbons (Fsp3) is 0.421. The lowest BCUT2D eigenvalue weighted by atomic mass is 10.2. The van der Waals surface area contributed by atoms with Gasteiger partial charge >= 0.3 is 0 Å². The Kier molecular flexibility index (Phi) is 4.58. The number of ether oxygens (including phenoxy) is 1. The molecule has 0 bridgehead atoms. The maximum absolute atomic E-state index is 5.42. The average Bonchev–Trinajstić information content (AvgIpc) is 2.79. The van der Waals surface area contributed by atoms with Crippen LogP contribution >= 0.6 is 0 Å². The number of hydrogen-bond acceptors (Lipinski definition) is 9. The molecule has 2 fully saturated rings. The van der Waals surface area contributed by atoms with Crippen LogP contribution in [0.3, 0.4) is 0 Å². The van der Waals surface area contributed by atoms with Crippen molar-refractivity contribution in [2.24, 2.45) is 0 Å². The number of pyridine rings is 1. The van der Waals surface area contributed by atoms with Crippen LogP contribution in [0.4, 0.5) is 17.6 Å². The first-order chi connectivity index (χ1) is 13.9. The molecule has 3 aromatic heterocycles. The van der Waals surface area contributed by atoms with Crippen LogP contribution in [0.15, 0.2) is 37.1 Å². The van der Waals surface area contributed by atoms with Gasteiger partial charge in [0.05, 0.1) is 24.9 Å². The monoisotopic (exact) mass is 378 g/mol. The standard InChI is InChI=1S/C19H22N8O/c1-3-20-13-16-15(1)18(23-14-22-16)26-7-5-25(6-8-26)17-2-4-21-19(24-17)27-9-11-28-12-10-27/h1-4,13-14H,5-12H2. The van der Waals surface area contributed by atoms with Crippen molar-refractivity contribution in [3.63, 3.8) is 0 Å². The van der Waals surface area contributed by atoms with Crippen LogP contribution in [0.2, 0.25) is 0 Å². The Bertz CT molecular complexity index is 948. The highest BCUT2D eigenvalue weighted by atomic mass is 16.5. The number of nitrogens with zero attached hydrogens (tertiary/aromatic N) is 8. The van der Waals surface area contributed by atoms with Gasteiger partial charge < -0.3 is 19.4 Å². The number of hydrogen-bond donors (Lipinski definition) is 0. The van der Waals surface area contributed by atoms with E-state index in [1.807, 2.05) is 18.3 Å². The van der Waals surface area contributed by atoms with Gasteiger partial charge in [0.1, 0.15) is 18.0 Å². The topological polar surface area (TPSA) is 83.4 Å². The van der Waals surface area contributed by atoms with Crippen molar-refractivity contribution in [1.29, 1.82) is 0 Å². The lowest BCUT2D eigenvalue weighted by Crippen LogP contribution is -2.47. The summed E-state index contributed by atoms with van der Waals surface area (Å²) in [6, 6.07) is 3.97. The summed E-state index contributed by atoms with van der Waals surface area (Å²) in [6.07, 6.45) is 7.04. The van der Waals surface area contributed by atoms with Crippen molar-refractivity contribution >= 4 is 28.5 Å². The van der Waals surface area contributed by atoms with E-state index in [9.17, 15) is 0 Å². The molecule has 9 nitrogen and oxygen atoms in total. The van der Waals surface area contributed by atoms with Gasteiger partial charge in [0, 0.05) is 57.0 Å². The number of morpholine rings is 1. The molecule has 2 aliphatic rings. The molecule has 0 atom stereocenters. The number of anilines is 3. The maximum atomic E-state index is 5.42. The minimum Gasteiger partial charge on any atom is -0.378 e. The predicted octanol–water partition coefficient (Wildman–Crippen LogP) is 0.978. The van der Waals surface area contributed by atoms with Crippen LogP contribution in [0.25, 0.3) is 10.9 Å². The second-order valence-electron chi connectivity index (χ2n) is 6.88. The third kappa shape index (κ3) is 3.29. The highest BCUT2D eigenvalue weighted by Gasteiger charge is 2.22. The molecule has 144 valence electrons. The first-order valence-corrected chi connectivity index (χ1v) is 9.59. The molecule has 5 rings (SSSR count). The van der Waals surface area contributed by atoms with Crippen LogP contribution < -0.4 is 14.7 Å². The van der Waals surface area contributed by atoms with Gasteiger partial charge in [0.2, 0.25) is 5.95 Å². The summed E-state index contributed by atoms with van der Waals surface area (Å²) in [5, 5.41) is 1.04. The zero-order valence-corrected chi connectivity index (χ0v) is 15.6. The molecule has 0 unspecified atom stereocenters. The predicted molar refractivity (Wildman–Crippen MR) is 107 cm³/mol. The summed E-state index contributed by atoms with van der Waals surface area (Å²) in [5.41, 5.74) is 0.876. The molecule has 2 aliphatic heterocycles. The van der Waals surface area contributed by atoms with Crippen LogP contribution in [0.5, 0.6) is 0 Å². The number of rotatable bonds is 3. The normalized spacial score (nSPS) is 17.9. The first-order valence-electron chi connectivity index (χ1n) is 9.59. The van der Waals surface area contributed by atoms with E-state index >= 15 is 0 Å². The van der Waals surface area contributed by atoms with Crippen molar-refractivity contribution in [2.45, 2.75) is 0 Å². The van der Waals surface area contributed by atoms with Crippen LogP contribution in [0, 0.1) is 0 Å². The summed E-state index contributed by atoms with van der Waals surface area (Å²) >= 11 is 0. The molecular weight excluding hydrogens is 356 g/mol. The fourth-order valence-electron chi connectivity index (χ4n) is 3.72. The van der Waals surface area contributed by atoms with Gasteiger partial charge in [0.15, 0.2) is 0 Å². The second kappa shape index (κ2) is 7.51. The molecule has 0 aromatic carbocycles. The van der Waals surface area contributed by atoms with Gasteiger partial charge in [0.25, 0.3) is 0 Å². The van der Waals surface area contributed by atoms with Gasteiger partial charge in [-0.1, -0.05) is 0 Å². The summed E-state index contributed by atoms with van der Waals surface area (Å²) in [6.45, 7) is 6.67. The summed E-state index contributed by atoms with van der Waals surface area (Å²) in [7, 11) is 0. The Morgan fingerprint density at radius 3 is 2.46 bits per heavy atom. The quantitative estimate of drug-likeness (QED) is 0.662. The Morgan fingerprint density at radius 1 is 0.786 bits per heavy atom. The van der Waals surface area contributed by atoms with Gasteiger partial charge in [-0.25, -0.2) is 15.0 Å². The number of piperazine rings is 1. The van der Waals surface area contributed by atoms with Gasteiger partial charge in [-0.2, -0.15) is 4.98 Å². The zero-order chi connectivity index (χ0) is 18.8. The van der Waals surface area contributed by atoms with E-state index in [2.05, 4.69) is 34.6 Å². The first kappa shape index (κ1) is 17.1. The van der Waals surface area contributed by atoms with Crippen LogP contribution in [-0.2, 0) is 4.74 Å². The van der Waals surface area contributed by atoms with Gasteiger partial charge in [-0.3, -0.25) is 4.98 Å². The van der Waals surface area contributed by atoms with E-state index in [4.69, 9.17) is 9.72 Å². The molecule has 0 spiro atoms. The zero-order valence-electron chi connectivity index (χ0n) is 15.6. The van der Waals surface area contributed by atoms with Gasteiger partial charge in [-0.05, 0) is 12.1 Å². The molecule has 2 saturated heterocycles. The van der Waals surface area contributed by atoms with E-state index in [0.29, 0.717) is 0 Å². The molecule has 9 heteroatoms. The average molecular weight is 378 g/mol. The van der Waals surface area contributed by atoms with Gasteiger partial charge in [-0.15, -0.1) is 0 Å². The molecule has 0 saturated carbocycles. The van der Waals surface area contributed by atoms with Crippen molar-refractivity contribution in [1.82, 2.24) is 24.9 Å². The Balaban J connectivity index is 1.31. The SMILES string of the molecule is c1cc2c(N3CCN(c4ccnc(N5CCOCC5)n4)CC3)ncnc2cn1. The third-order valence-electron chi connectivity index (χ3n) is 5.24. The smallest absolute Gasteiger partial charge is 0.227 e. The highest BCUT2D eigenvalue weighted by Crippen LogP contribution is 2.24. The Hall–Kier alpha value is -3.07. The largest absolute Gasteiger partial charge is 0.378 e. The Labute approximate surface area is 163 Å².